The predicted molar refractivity (Wildman–Crippen MR) is 209 cm³/mol. The molecule has 0 spiro atoms. The van der Waals surface area contributed by atoms with Crippen LogP contribution in [0, 0.1) is 29.5 Å². The van der Waals surface area contributed by atoms with Crippen LogP contribution in [0.15, 0.2) is 54.9 Å². The number of thiophene rings is 1. The van der Waals surface area contributed by atoms with Crippen molar-refractivity contribution in [1.29, 1.82) is 0 Å². The van der Waals surface area contributed by atoms with Crippen LogP contribution < -0.4 is 15.4 Å². The van der Waals surface area contributed by atoms with Gasteiger partial charge in [-0.1, -0.05) is 78.7 Å². The smallest absolute Gasteiger partial charge is 0.319 e. The number of benzene rings is 1. The highest BCUT2D eigenvalue weighted by atomic mass is 32.1. The largest absolute Gasteiger partial charge is 0.458 e. The van der Waals surface area contributed by atoms with Gasteiger partial charge in [0, 0.05) is 49.1 Å². The number of nitrogens with one attached hydrogen (secondary N) is 2. The van der Waals surface area contributed by atoms with Crippen LogP contribution in [-0.4, -0.2) is 40.4 Å². The van der Waals surface area contributed by atoms with E-state index in [0.717, 1.165) is 85.0 Å². The molecule has 284 valence electrons. The standard InChI is InChI=1S/C42H53FN4O5S/c1-6-10-30(33(8-3)26(4)37(49)25-51-27(5)48)12-9-11-28(7-2)21-29-13-17-35(45-24-29)40-23-36-41(53-40)39(19-20-44-36)52-38-18-16-32(22-34(38)43)47-42(50)46-31-14-15-31/h13,16-20,22-24,26,28,30-31,33H,6-12,14-15,21,25H2,1-5H3,(H2,46,47,50). The number of carbonyl (C=O) groups is 3. The van der Waals surface area contributed by atoms with Crippen LogP contribution >= 0.6 is 11.3 Å². The minimum atomic E-state index is -0.580. The number of esters is 1. The summed E-state index contributed by atoms with van der Waals surface area (Å²) in [5, 5.41) is 5.49. The van der Waals surface area contributed by atoms with E-state index in [9.17, 15) is 14.4 Å². The highest BCUT2D eigenvalue weighted by Crippen LogP contribution is 2.40. The van der Waals surface area contributed by atoms with Gasteiger partial charge in [-0.3, -0.25) is 19.6 Å². The zero-order valence-electron chi connectivity index (χ0n) is 31.6. The summed E-state index contributed by atoms with van der Waals surface area (Å²) in [6.07, 6.45) is 14.0. The number of ketones is 1. The minimum Gasteiger partial charge on any atom is -0.458 e. The van der Waals surface area contributed by atoms with Gasteiger partial charge in [0.25, 0.3) is 0 Å². The summed E-state index contributed by atoms with van der Waals surface area (Å²) in [7, 11) is 0. The molecule has 4 aromatic rings. The SMILES string of the molecule is CCCC(CCCC(CC)Cc1ccc(-c2cc3nccc(Oc4ccc(NC(=O)NC5CC5)cc4F)c3s2)nc1)C(CC)C(C)C(=O)COC(C)=O. The third-order valence-electron chi connectivity index (χ3n) is 10.4. The van der Waals surface area contributed by atoms with Crippen molar-refractivity contribution in [2.75, 3.05) is 11.9 Å². The number of hydrogen-bond donors (Lipinski definition) is 2. The second-order valence-electron chi connectivity index (χ2n) is 14.4. The van der Waals surface area contributed by atoms with Gasteiger partial charge in [-0.05, 0) is 66.8 Å². The van der Waals surface area contributed by atoms with Crippen molar-refractivity contribution in [2.24, 2.45) is 23.7 Å². The van der Waals surface area contributed by atoms with Gasteiger partial charge >= 0.3 is 12.0 Å². The van der Waals surface area contributed by atoms with Crippen molar-refractivity contribution >= 4 is 45.0 Å². The fourth-order valence-electron chi connectivity index (χ4n) is 7.21. The number of carbonyl (C=O) groups excluding carboxylic acids is 3. The molecule has 1 fully saturated rings. The van der Waals surface area contributed by atoms with Crippen LogP contribution in [0.1, 0.15) is 98.0 Å². The Bertz CT molecular complexity index is 1840. The number of Topliss-reactive ketones (excluding diaryl/α,β-unsaturated/α-hetero) is 1. The Kier molecular flexibility index (Phi) is 14.3. The molecule has 0 saturated heterocycles. The Balaban J connectivity index is 1.17. The molecule has 0 radical (unpaired) electrons. The number of nitrogens with zero attached hydrogens (tertiary/aromatic N) is 2. The lowest BCUT2D eigenvalue weighted by molar-refractivity contribution is -0.147. The molecule has 5 rings (SSSR count). The molecule has 3 heterocycles. The van der Waals surface area contributed by atoms with Crippen LogP contribution in [0.4, 0.5) is 14.9 Å². The van der Waals surface area contributed by atoms with Crippen LogP contribution in [0.3, 0.4) is 0 Å². The monoisotopic (exact) mass is 744 g/mol. The molecule has 3 aromatic heterocycles. The van der Waals surface area contributed by atoms with Gasteiger partial charge in [-0.25, -0.2) is 9.18 Å². The van der Waals surface area contributed by atoms with Crippen molar-refractivity contribution in [3.05, 3.63) is 66.2 Å². The number of fused-ring (bicyclic) bond motifs is 1. The highest BCUT2D eigenvalue weighted by Gasteiger charge is 2.30. The number of anilines is 1. The summed E-state index contributed by atoms with van der Waals surface area (Å²) < 4.78 is 26.8. The van der Waals surface area contributed by atoms with E-state index in [-0.39, 0.29) is 42.0 Å². The third-order valence-corrected chi connectivity index (χ3v) is 11.5. The number of aromatic nitrogens is 2. The number of pyridine rings is 2. The molecule has 9 nitrogen and oxygen atoms in total. The molecule has 1 aliphatic rings. The first-order valence-corrected chi connectivity index (χ1v) is 19.9. The number of hydrogen-bond acceptors (Lipinski definition) is 8. The first kappa shape index (κ1) is 39.8. The maximum absolute atomic E-state index is 15.0. The number of amides is 2. The van der Waals surface area contributed by atoms with Crippen molar-refractivity contribution < 1.29 is 28.2 Å². The first-order chi connectivity index (χ1) is 25.6. The number of rotatable bonds is 20. The first-order valence-electron chi connectivity index (χ1n) is 19.1. The molecule has 1 aliphatic carbocycles. The van der Waals surface area contributed by atoms with Crippen molar-refractivity contribution in [2.45, 2.75) is 105 Å². The van der Waals surface area contributed by atoms with E-state index in [2.05, 4.69) is 48.5 Å². The Labute approximate surface area is 316 Å². The topological polar surface area (TPSA) is 120 Å². The summed E-state index contributed by atoms with van der Waals surface area (Å²) in [6.45, 7) is 9.82. The molecule has 1 saturated carbocycles. The highest BCUT2D eigenvalue weighted by molar-refractivity contribution is 7.22. The normalized spacial score (nSPS) is 15.0. The fraction of sp³-hybridized carbons (Fsp3) is 0.500. The van der Waals surface area contributed by atoms with Gasteiger partial charge in [0.15, 0.2) is 17.3 Å². The molecule has 4 atom stereocenters. The zero-order valence-corrected chi connectivity index (χ0v) is 32.4. The van der Waals surface area contributed by atoms with Crippen molar-refractivity contribution in [3.8, 4) is 22.1 Å². The van der Waals surface area contributed by atoms with Crippen LogP contribution in [0.5, 0.6) is 11.5 Å². The Morgan fingerprint density at radius 1 is 0.981 bits per heavy atom. The lowest BCUT2D eigenvalue weighted by atomic mass is 9.74. The molecule has 0 aliphatic heterocycles. The molecule has 1 aromatic carbocycles. The Morgan fingerprint density at radius 3 is 2.45 bits per heavy atom. The van der Waals surface area contributed by atoms with Gasteiger partial charge in [0.1, 0.15) is 12.4 Å². The summed E-state index contributed by atoms with van der Waals surface area (Å²) in [4.78, 5) is 46.4. The average Bonchev–Trinajstić information content (AvgIpc) is 3.84. The minimum absolute atomic E-state index is 0.0122. The molecule has 2 N–H and O–H groups in total. The summed E-state index contributed by atoms with van der Waals surface area (Å²) >= 11 is 1.50. The molecular weight excluding hydrogens is 692 g/mol. The van der Waals surface area contributed by atoms with E-state index in [1.807, 2.05) is 19.2 Å². The van der Waals surface area contributed by atoms with Gasteiger partial charge in [-0.15, -0.1) is 11.3 Å². The lowest BCUT2D eigenvalue weighted by Crippen LogP contribution is -2.30. The quantitative estimate of drug-likeness (QED) is 0.0865. The van der Waals surface area contributed by atoms with E-state index >= 15 is 4.39 Å². The second-order valence-corrected chi connectivity index (χ2v) is 15.4. The van der Waals surface area contributed by atoms with Gasteiger partial charge < -0.3 is 20.1 Å². The summed E-state index contributed by atoms with van der Waals surface area (Å²) in [6, 6.07) is 12.1. The Morgan fingerprint density at radius 2 is 1.79 bits per heavy atom. The maximum Gasteiger partial charge on any atom is 0.319 e. The molecule has 0 bridgehead atoms. The summed E-state index contributed by atoms with van der Waals surface area (Å²) in [5.74, 6) is 0.718. The zero-order chi connectivity index (χ0) is 37.9. The van der Waals surface area contributed by atoms with Crippen LogP contribution in [0.25, 0.3) is 20.8 Å². The van der Waals surface area contributed by atoms with Gasteiger partial charge in [-0.2, -0.15) is 0 Å². The predicted octanol–water partition coefficient (Wildman–Crippen LogP) is 10.5. The van der Waals surface area contributed by atoms with Crippen molar-refractivity contribution in [3.63, 3.8) is 0 Å². The van der Waals surface area contributed by atoms with Crippen LogP contribution in [-0.2, 0) is 20.7 Å². The molecule has 53 heavy (non-hydrogen) atoms. The second kappa shape index (κ2) is 19.1. The van der Waals surface area contributed by atoms with Gasteiger partial charge in [0.05, 0.1) is 20.8 Å². The van der Waals surface area contributed by atoms with E-state index in [1.54, 1.807) is 18.3 Å². The Hall–Kier alpha value is -4.38. The van der Waals surface area contributed by atoms with E-state index < -0.39 is 11.8 Å². The van der Waals surface area contributed by atoms with E-state index in [4.69, 9.17) is 14.5 Å². The summed E-state index contributed by atoms with van der Waals surface area (Å²) in [5.41, 5.74) is 3.13. The van der Waals surface area contributed by atoms with E-state index in [1.165, 1.54) is 36.0 Å². The molecule has 4 unspecified atom stereocenters. The maximum atomic E-state index is 15.0. The lowest BCUT2D eigenvalue weighted by Gasteiger charge is -2.31. The molecular formula is C42H53FN4O5S. The number of ether oxygens (including phenoxy) is 2. The van der Waals surface area contributed by atoms with Crippen LogP contribution in [0.2, 0.25) is 0 Å². The van der Waals surface area contributed by atoms with Gasteiger partial charge in [0.2, 0.25) is 0 Å². The molecule has 11 heteroatoms. The van der Waals surface area contributed by atoms with Crippen molar-refractivity contribution in [1.82, 2.24) is 15.3 Å². The van der Waals surface area contributed by atoms with E-state index in [0.29, 0.717) is 23.3 Å². The number of urea groups is 1. The molecule has 2 amide bonds. The number of halogens is 1. The average molecular weight is 745 g/mol. The third kappa shape index (κ3) is 11.3. The fourth-order valence-corrected chi connectivity index (χ4v) is 8.25.